The molecule has 0 saturated carbocycles. The van der Waals surface area contributed by atoms with Crippen molar-refractivity contribution in [3.63, 3.8) is 0 Å². The van der Waals surface area contributed by atoms with E-state index in [1.54, 1.807) is 30.3 Å². The van der Waals surface area contributed by atoms with Crippen LogP contribution in [-0.4, -0.2) is 35.8 Å². The molecule has 0 amide bonds. The molecule has 26 heavy (non-hydrogen) atoms. The van der Waals surface area contributed by atoms with E-state index in [9.17, 15) is 20.0 Å². The summed E-state index contributed by atoms with van der Waals surface area (Å²) >= 11 is 3.30. The van der Waals surface area contributed by atoms with Crippen LogP contribution in [0.5, 0.6) is 11.6 Å². The molecule has 2 rings (SSSR count). The van der Waals surface area contributed by atoms with Gasteiger partial charge in [0.1, 0.15) is 17.4 Å². The molecule has 0 saturated heterocycles. The van der Waals surface area contributed by atoms with Crippen molar-refractivity contribution in [2.45, 2.75) is 13.5 Å². The third-order valence-corrected chi connectivity index (χ3v) is 4.31. The van der Waals surface area contributed by atoms with Crippen molar-refractivity contribution in [3.05, 3.63) is 55.8 Å². The fourth-order valence-corrected chi connectivity index (χ4v) is 2.69. The number of carbonyl (C=O) groups excluding carboxylic acids is 1. The quantitative estimate of drug-likeness (QED) is 0.689. The Bertz CT molecular complexity index is 913. The Morgan fingerprint density at radius 3 is 2.58 bits per heavy atom. The zero-order valence-electron chi connectivity index (χ0n) is 14.3. The standard InChI is InChI=1S/C18H17BrN2O5/c1-11-14(9-20)17(23)21(7-8-25-2)18(24)16(11)15(22)10-26-13-5-3-12(19)4-6-13/h3-6,24H,7-8,10H2,1-2H3. The van der Waals surface area contributed by atoms with Crippen molar-refractivity contribution in [2.75, 3.05) is 20.3 Å². The molecule has 0 spiro atoms. The second-order valence-electron chi connectivity index (χ2n) is 5.43. The average molecular weight is 421 g/mol. The van der Waals surface area contributed by atoms with Crippen LogP contribution in [0, 0.1) is 18.3 Å². The fourth-order valence-electron chi connectivity index (χ4n) is 2.43. The molecule has 0 bridgehead atoms. The van der Waals surface area contributed by atoms with E-state index in [1.165, 1.54) is 14.0 Å². The Hall–Kier alpha value is -2.63. The summed E-state index contributed by atoms with van der Waals surface area (Å²) in [5, 5.41) is 19.7. The van der Waals surface area contributed by atoms with E-state index in [2.05, 4.69) is 15.9 Å². The number of benzene rings is 1. The summed E-state index contributed by atoms with van der Waals surface area (Å²) in [6.45, 7) is 1.27. The Kier molecular flexibility index (Phi) is 6.55. The molecule has 0 aliphatic rings. The number of ether oxygens (including phenoxy) is 2. The molecule has 0 aliphatic heterocycles. The number of aromatic hydroxyl groups is 1. The predicted molar refractivity (Wildman–Crippen MR) is 97.7 cm³/mol. The minimum atomic E-state index is -0.662. The van der Waals surface area contributed by atoms with Crippen molar-refractivity contribution in [3.8, 4) is 17.7 Å². The van der Waals surface area contributed by atoms with Crippen LogP contribution >= 0.6 is 15.9 Å². The van der Waals surface area contributed by atoms with Crippen LogP contribution in [0.25, 0.3) is 0 Å². The van der Waals surface area contributed by atoms with Crippen molar-refractivity contribution in [1.82, 2.24) is 4.57 Å². The first-order valence-corrected chi connectivity index (χ1v) is 8.47. The van der Waals surface area contributed by atoms with Gasteiger partial charge >= 0.3 is 0 Å². The number of rotatable bonds is 7. The molecule has 1 aromatic heterocycles. The third kappa shape index (κ3) is 4.12. The van der Waals surface area contributed by atoms with Gasteiger partial charge in [0.15, 0.2) is 6.61 Å². The molecule has 0 unspecified atom stereocenters. The molecule has 0 aliphatic carbocycles. The number of hydrogen-bond donors (Lipinski definition) is 1. The van der Waals surface area contributed by atoms with Gasteiger partial charge in [-0.05, 0) is 36.8 Å². The second-order valence-corrected chi connectivity index (χ2v) is 6.34. The minimum Gasteiger partial charge on any atom is -0.494 e. The molecular weight excluding hydrogens is 404 g/mol. The van der Waals surface area contributed by atoms with E-state index in [-0.39, 0.29) is 36.4 Å². The number of nitrogens with zero attached hydrogens (tertiary/aromatic N) is 2. The topological polar surface area (TPSA) is 102 Å². The number of aromatic nitrogens is 1. The maximum absolute atomic E-state index is 12.6. The van der Waals surface area contributed by atoms with Crippen molar-refractivity contribution >= 4 is 21.7 Å². The van der Waals surface area contributed by atoms with Gasteiger partial charge in [-0.1, -0.05) is 15.9 Å². The first kappa shape index (κ1) is 19.7. The molecule has 136 valence electrons. The van der Waals surface area contributed by atoms with Crippen LogP contribution in [0.15, 0.2) is 33.5 Å². The first-order valence-electron chi connectivity index (χ1n) is 7.67. The number of nitriles is 1. The van der Waals surface area contributed by atoms with E-state index >= 15 is 0 Å². The van der Waals surface area contributed by atoms with E-state index in [0.717, 1.165) is 9.04 Å². The van der Waals surface area contributed by atoms with Crippen LogP contribution in [0.2, 0.25) is 0 Å². The smallest absolute Gasteiger partial charge is 0.271 e. The Labute approximate surface area is 158 Å². The van der Waals surface area contributed by atoms with Gasteiger partial charge in [-0.15, -0.1) is 0 Å². The molecule has 2 aromatic rings. The molecule has 1 aromatic carbocycles. The molecule has 8 heteroatoms. The number of pyridine rings is 1. The number of carbonyl (C=O) groups is 1. The summed E-state index contributed by atoms with van der Waals surface area (Å²) in [6, 6.07) is 8.70. The van der Waals surface area contributed by atoms with Crippen LogP contribution < -0.4 is 10.3 Å². The van der Waals surface area contributed by atoms with Gasteiger partial charge in [-0.25, -0.2) is 0 Å². The van der Waals surface area contributed by atoms with Gasteiger partial charge in [0.05, 0.1) is 18.7 Å². The minimum absolute atomic E-state index is 0.0178. The molecule has 1 heterocycles. The number of ketones is 1. The Balaban J connectivity index is 2.37. The summed E-state index contributed by atoms with van der Waals surface area (Å²) < 4.78 is 12.2. The van der Waals surface area contributed by atoms with Crippen LogP contribution in [-0.2, 0) is 11.3 Å². The van der Waals surface area contributed by atoms with Gasteiger partial charge < -0.3 is 14.6 Å². The van der Waals surface area contributed by atoms with Crippen LogP contribution in [0.4, 0.5) is 0 Å². The maximum Gasteiger partial charge on any atom is 0.271 e. The van der Waals surface area contributed by atoms with Gasteiger partial charge in [0.2, 0.25) is 11.7 Å². The highest BCUT2D eigenvalue weighted by molar-refractivity contribution is 9.10. The predicted octanol–water partition coefficient (Wildman–Crippen LogP) is 2.40. The van der Waals surface area contributed by atoms with E-state index in [0.29, 0.717) is 5.75 Å². The molecule has 7 nitrogen and oxygen atoms in total. The molecule has 1 N–H and O–H groups in total. The van der Waals surface area contributed by atoms with Gasteiger partial charge in [0, 0.05) is 11.6 Å². The van der Waals surface area contributed by atoms with Gasteiger partial charge in [-0.2, -0.15) is 5.26 Å². The third-order valence-electron chi connectivity index (χ3n) is 3.78. The van der Waals surface area contributed by atoms with Gasteiger partial charge in [-0.3, -0.25) is 14.2 Å². The normalized spacial score (nSPS) is 10.4. The number of Topliss-reactive ketones (excluding diaryl/α,β-unsaturated/α-hetero) is 1. The van der Waals surface area contributed by atoms with E-state index in [4.69, 9.17) is 9.47 Å². The van der Waals surface area contributed by atoms with E-state index in [1.807, 2.05) is 0 Å². The monoisotopic (exact) mass is 420 g/mol. The number of methoxy groups -OCH3 is 1. The largest absolute Gasteiger partial charge is 0.494 e. The molecular formula is C18H17BrN2O5. The lowest BCUT2D eigenvalue weighted by Crippen LogP contribution is -2.29. The Morgan fingerprint density at radius 1 is 1.35 bits per heavy atom. The lowest BCUT2D eigenvalue weighted by molar-refractivity contribution is 0.0915. The van der Waals surface area contributed by atoms with Crippen molar-refractivity contribution < 1.29 is 19.4 Å². The highest BCUT2D eigenvalue weighted by atomic mass is 79.9. The van der Waals surface area contributed by atoms with Crippen LogP contribution in [0.3, 0.4) is 0 Å². The summed E-state index contributed by atoms with van der Waals surface area (Å²) in [4.78, 5) is 24.9. The van der Waals surface area contributed by atoms with E-state index < -0.39 is 17.2 Å². The summed E-state index contributed by atoms with van der Waals surface area (Å²) in [6.07, 6.45) is 0. The van der Waals surface area contributed by atoms with Crippen molar-refractivity contribution in [1.29, 1.82) is 5.26 Å². The fraction of sp³-hybridized carbons (Fsp3) is 0.278. The maximum atomic E-state index is 12.6. The number of hydrogen-bond acceptors (Lipinski definition) is 6. The molecule has 0 atom stereocenters. The highest BCUT2D eigenvalue weighted by Crippen LogP contribution is 2.23. The lowest BCUT2D eigenvalue weighted by atomic mass is 10.0. The van der Waals surface area contributed by atoms with Crippen molar-refractivity contribution in [2.24, 2.45) is 0 Å². The lowest BCUT2D eigenvalue weighted by Gasteiger charge is -2.15. The van der Waals surface area contributed by atoms with Crippen LogP contribution in [0.1, 0.15) is 21.5 Å². The summed E-state index contributed by atoms with van der Waals surface area (Å²) in [5.41, 5.74) is -0.821. The Morgan fingerprint density at radius 2 is 2.00 bits per heavy atom. The number of halogens is 1. The summed E-state index contributed by atoms with van der Waals surface area (Å²) in [7, 11) is 1.44. The first-order chi connectivity index (χ1) is 12.4. The second kappa shape index (κ2) is 8.65. The highest BCUT2D eigenvalue weighted by Gasteiger charge is 2.24. The zero-order valence-corrected chi connectivity index (χ0v) is 15.9. The van der Waals surface area contributed by atoms with Gasteiger partial charge in [0.25, 0.3) is 5.56 Å². The SMILES string of the molecule is COCCn1c(O)c(C(=O)COc2ccc(Br)cc2)c(C)c(C#N)c1=O. The zero-order chi connectivity index (χ0) is 19.3. The summed E-state index contributed by atoms with van der Waals surface area (Å²) in [5.74, 6) is -0.551. The molecule has 0 fully saturated rings. The molecule has 0 radical (unpaired) electrons. The average Bonchev–Trinajstić information content (AvgIpc) is 2.61.